The molecule has 0 radical (unpaired) electrons. The second-order valence-electron chi connectivity index (χ2n) is 6.98. The van der Waals surface area contributed by atoms with Crippen LogP contribution < -0.4 is 15.0 Å². The summed E-state index contributed by atoms with van der Waals surface area (Å²) in [4.78, 5) is 48.4. The highest BCUT2D eigenvalue weighted by Crippen LogP contribution is 2.23. The van der Waals surface area contributed by atoms with E-state index in [-0.39, 0.29) is 29.2 Å². The number of nitrogens with one attached hydrogen (secondary N) is 1. The third-order valence-corrected chi connectivity index (χ3v) is 5.38. The lowest BCUT2D eigenvalue weighted by Crippen LogP contribution is -2.25. The third-order valence-electron chi connectivity index (χ3n) is 4.40. The van der Waals surface area contributed by atoms with Gasteiger partial charge in [0.2, 0.25) is 5.91 Å². The molecule has 11 heteroatoms. The summed E-state index contributed by atoms with van der Waals surface area (Å²) in [6.07, 6.45) is 1.71. The minimum Gasteiger partial charge on any atom is -0.492 e. The van der Waals surface area contributed by atoms with E-state index in [1.165, 1.54) is 0 Å². The zero-order valence-corrected chi connectivity index (χ0v) is 18.8. The van der Waals surface area contributed by atoms with Crippen molar-refractivity contribution in [3.63, 3.8) is 0 Å². The number of pyridine rings is 1. The number of carbonyl (C=O) groups excluding carboxylic acids is 2. The highest BCUT2D eigenvalue weighted by atomic mass is 32.2. The zero-order chi connectivity index (χ0) is 24.2. The molecule has 0 bridgehead atoms. The van der Waals surface area contributed by atoms with E-state index in [4.69, 9.17) is 14.9 Å². The van der Waals surface area contributed by atoms with Gasteiger partial charge in [-0.15, -0.1) is 0 Å². The number of amides is 2. The molecule has 10 nitrogen and oxygen atoms in total. The van der Waals surface area contributed by atoms with Gasteiger partial charge in [-0.05, 0) is 36.2 Å². The number of imide groups is 1. The number of carboxylic acids is 2. The molecule has 1 saturated heterocycles. The van der Waals surface area contributed by atoms with Crippen LogP contribution in [0.1, 0.15) is 18.4 Å². The zero-order valence-electron chi connectivity index (χ0n) is 18.0. The summed E-state index contributed by atoms with van der Waals surface area (Å²) >= 11 is 1.05. The van der Waals surface area contributed by atoms with Crippen LogP contribution in [0.4, 0.5) is 10.6 Å². The van der Waals surface area contributed by atoms with Gasteiger partial charge in [0.1, 0.15) is 18.2 Å². The van der Waals surface area contributed by atoms with Gasteiger partial charge in [0.25, 0.3) is 5.24 Å². The van der Waals surface area contributed by atoms with Gasteiger partial charge in [0.05, 0.1) is 24.6 Å². The normalized spacial score (nSPS) is 14.6. The number of ether oxygens (including phenoxy) is 1. The molecule has 0 aliphatic carbocycles. The highest BCUT2D eigenvalue weighted by Gasteiger charge is 2.31. The number of likely N-dealkylation sites (N-methyl/N-ethyl adjacent to an activating group) is 1. The fraction of sp³-hybridized carbons (Fsp3) is 0.318. The Morgan fingerprint density at radius 2 is 1.76 bits per heavy atom. The van der Waals surface area contributed by atoms with Crippen LogP contribution in [0.5, 0.6) is 5.75 Å². The molecule has 1 aliphatic rings. The number of aromatic nitrogens is 1. The first kappa shape index (κ1) is 25.7. The van der Waals surface area contributed by atoms with Crippen LogP contribution in [0.15, 0.2) is 48.7 Å². The lowest BCUT2D eigenvalue weighted by molar-refractivity contribution is -0.143. The number of carboxylic acid groups (broad SMARTS) is 2. The first-order valence-corrected chi connectivity index (χ1v) is 10.9. The Kier molecular flexibility index (Phi) is 10.2. The van der Waals surface area contributed by atoms with E-state index in [9.17, 15) is 19.2 Å². The van der Waals surface area contributed by atoms with Crippen LogP contribution in [-0.2, 0) is 20.8 Å². The maximum Gasteiger partial charge on any atom is 0.303 e. The minimum atomic E-state index is -1.08. The Morgan fingerprint density at radius 1 is 1.09 bits per heavy atom. The molecular weight excluding hydrogens is 450 g/mol. The molecule has 2 amide bonds. The molecule has 3 N–H and O–H groups in total. The van der Waals surface area contributed by atoms with E-state index < -0.39 is 11.9 Å². The quantitative estimate of drug-likeness (QED) is 0.468. The summed E-state index contributed by atoms with van der Waals surface area (Å²) in [5, 5.41) is 17.5. The van der Waals surface area contributed by atoms with Gasteiger partial charge >= 0.3 is 11.9 Å². The summed E-state index contributed by atoms with van der Waals surface area (Å²) in [7, 11) is 1.97. The maximum absolute atomic E-state index is 11.6. The molecular formula is C22H25N3O7S. The van der Waals surface area contributed by atoms with Gasteiger partial charge in [0, 0.05) is 13.2 Å². The fourth-order valence-corrected chi connectivity index (χ4v) is 3.53. The number of thioether (sulfide) groups is 1. The van der Waals surface area contributed by atoms with Crippen LogP contribution in [-0.4, -0.2) is 63.7 Å². The molecule has 2 aromatic rings. The van der Waals surface area contributed by atoms with Crippen LogP contribution in [0.25, 0.3) is 0 Å². The summed E-state index contributed by atoms with van der Waals surface area (Å²) in [5.74, 6) is -0.686. The number of hydrogen-bond donors (Lipinski definition) is 3. The predicted molar refractivity (Wildman–Crippen MR) is 123 cm³/mol. The standard InChI is InChI=1S/C18H19N3O3S.C4H6O4/c1-21(16-4-2-3-9-19-16)10-11-24-14-7-5-13(6-8-14)12-15-17(22)20-18(23)25-15;5-3(6)1-2-4(7)8/h2-9,15H,10-12H2,1H3,(H,20,22,23);1-2H2,(H,5,6)(H,7,8). The summed E-state index contributed by atoms with van der Waals surface area (Å²) in [6, 6.07) is 13.4. The number of nitrogens with zero attached hydrogens (tertiary/aromatic N) is 2. The smallest absolute Gasteiger partial charge is 0.303 e. The lowest BCUT2D eigenvalue weighted by atomic mass is 10.1. The Hall–Kier alpha value is -3.60. The van der Waals surface area contributed by atoms with Crippen molar-refractivity contribution < 1.29 is 34.1 Å². The van der Waals surface area contributed by atoms with Gasteiger partial charge in [-0.2, -0.15) is 0 Å². The summed E-state index contributed by atoms with van der Waals surface area (Å²) in [5.41, 5.74) is 1.00. The number of anilines is 1. The average molecular weight is 476 g/mol. The lowest BCUT2D eigenvalue weighted by Gasteiger charge is -2.18. The average Bonchev–Trinajstić information content (AvgIpc) is 3.11. The Labute approximate surface area is 195 Å². The molecule has 1 aliphatic heterocycles. The van der Waals surface area contributed by atoms with Gasteiger partial charge in [0.15, 0.2) is 0 Å². The minimum absolute atomic E-state index is 0.215. The van der Waals surface area contributed by atoms with Crippen molar-refractivity contribution >= 4 is 40.7 Å². The van der Waals surface area contributed by atoms with Crippen molar-refractivity contribution in [1.29, 1.82) is 0 Å². The SMILES string of the molecule is CN(CCOc1ccc(CC2SC(=O)NC2=O)cc1)c1ccccn1.O=C(O)CCC(=O)O. The van der Waals surface area contributed by atoms with E-state index in [2.05, 4.69) is 10.3 Å². The van der Waals surface area contributed by atoms with Crippen molar-refractivity contribution in [1.82, 2.24) is 10.3 Å². The summed E-state index contributed by atoms with van der Waals surface area (Å²) < 4.78 is 5.75. The third kappa shape index (κ3) is 9.60. The number of aliphatic carboxylic acids is 2. The van der Waals surface area contributed by atoms with Crippen LogP contribution in [0.2, 0.25) is 0 Å². The predicted octanol–water partition coefficient (Wildman–Crippen LogP) is 2.43. The van der Waals surface area contributed by atoms with Crippen LogP contribution in [0, 0.1) is 0 Å². The highest BCUT2D eigenvalue weighted by molar-refractivity contribution is 8.15. The van der Waals surface area contributed by atoms with E-state index in [0.717, 1.165) is 35.4 Å². The van der Waals surface area contributed by atoms with Crippen LogP contribution >= 0.6 is 11.8 Å². The largest absolute Gasteiger partial charge is 0.492 e. The van der Waals surface area contributed by atoms with Gasteiger partial charge in [-0.3, -0.25) is 24.5 Å². The second kappa shape index (κ2) is 13.1. The number of benzene rings is 1. The molecule has 1 fully saturated rings. The maximum atomic E-state index is 11.6. The number of carbonyl (C=O) groups is 4. The number of hydrogen-bond acceptors (Lipinski definition) is 8. The van der Waals surface area contributed by atoms with E-state index in [0.29, 0.717) is 13.0 Å². The molecule has 1 atom stereocenters. The van der Waals surface area contributed by atoms with Gasteiger partial charge < -0.3 is 19.8 Å². The molecule has 0 saturated carbocycles. The number of rotatable bonds is 10. The summed E-state index contributed by atoms with van der Waals surface area (Å²) in [6.45, 7) is 1.27. The molecule has 2 heterocycles. The van der Waals surface area contributed by atoms with Crippen LogP contribution in [0.3, 0.4) is 0 Å². The van der Waals surface area contributed by atoms with Gasteiger partial charge in [-0.1, -0.05) is 30.0 Å². The molecule has 3 rings (SSSR count). The molecule has 33 heavy (non-hydrogen) atoms. The monoisotopic (exact) mass is 475 g/mol. The topological polar surface area (TPSA) is 146 Å². The molecule has 176 valence electrons. The van der Waals surface area contributed by atoms with E-state index in [1.807, 2.05) is 54.4 Å². The molecule has 0 spiro atoms. The van der Waals surface area contributed by atoms with Crippen molar-refractivity contribution in [2.75, 3.05) is 25.1 Å². The second-order valence-corrected chi connectivity index (χ2v) is 8.15. The molecule has 1 aromatic heterocycles. The first-order valence-electron chi connectivity index (χ1n) is 10.0. The van der Waals surface area contributed by atoms with Crippen molar-refractivity contribution in [3.05, 3.63) is 54.2 Å². The Balaban J connectivity index is 0.000000414. The fourth-order valence-electron chi connectivity index (χ4n) is 2.67. The molecule has 1 unspecified atom stereocenters. The Morgan fingerprint density at radius 3 is 2.27 bits per heavy atom. The molecule has 1 aromatic carbocycles. The van der Waals surface area contributed by atoms with Crippen molar-refractivity contribution in [3.8, 4) is 5.75 Å². The Bertz CT molecular complexity index is 940. The van der Waals surface area contributed by atoms with Gasteiger partial charge in [-0.25, -0.2) is 4.98 Å². The van der Waals surface area contributed by atoms with Crippen molar-refractivity contribution in [2.45, 2.75) is 24.5 Å². The van der Waals surface area contributed by atoms with E-state index in [1.54, 1.807) is 6.20 Å². The van der Waals surface area contributed by atoms with E-state index >= 15 is 0 Å². The van der Waals surface area contributed by atoms with Crippen molar-refractivity contribution in [2.24, 2.45) is 0 Å². The first-order chi connectivity index (χ1) is 15.7.